The zero-order chi connectivity index (χ0) is 8.48. The van der Waals surface area contributed by atoms with Crippen molar-refractivity contribution >= 4 is 11.6 Å². The molecule has 1 fully saturated rings. The molecule has 1 N–H and O–H groups in total. The summed E-state index contributed by atoms with van der Waals surface area (Å²) in [6.07, 6.45) is 2.24. The minimum atomic E-state index is 0.355. The maximum Gasteiger partial charge on any atom is 0.0363 e. The lowest BCUT2D eigenvalue weighted by molar-refractivity contribution is 0.228. The summed E-state index contributed by atoms with van der Waals surface area (Å²) in [5, 5.41) is 3.89. The molecule has 1 rings (SSSR count). The van der Waals surface area contributed by atoms with Gasteiger partial charge in [0.15, 0.2) is 0 Å². The fourth-order valence-electron chi connectivity index (χ4n) is 1.53. The fourth-order valence-corrected chi connectivity index (χ4v) is 1.82. The van der Waals surface area contributed by atoms with E-state index in [2.05, 4.69) is 26.1 Å². The number of nitrogens with one attached hydrogen (secondary N) is 1. The number of hydrogen-bond acceptors (Lipinski definition) is 1. The van der Waals surface area contributed by atoms with E-state index in [9.17, 15) is 0 Å². The summed E-state index contributed by atoms with van der Waals surface area (Å²) in [7, 11) is 0. The van der Waals surface area contributed by atoms with Crippen LogP contribution < -0.4 is 5.32 Å². The van der Waals surface area contributed by atoms with E-state index in [-0.39, 0.29) is 0 Å². The lowest BCUT2D eigenvalue weighted by Gasteiger charge is -2.36. The number of rotatable bonds is 0. The zero-order valence-corrected chi connectivity index (χ0v) is 8.41. The van der Waals surface area contributed by atoms with Crippen LogP contribution in [-0.4, -0.2) is 18.0 Å². The van der Waals surface area contributed by atoms with Gasteiger partial charge in [0, 0.05) is 11.4 Å². The van der Waals surface area contributed by atoms with Gasteiger partial charge in [0.2, 0.25) is 0 Å². The molecule has 0 aromatic rings. The third-order valence-corrected chi connectivity index (χ3v) is 2.78. The van der Waals surface area contributed by atoms with Gasteiger partial charge in [-0.3, -0.25) is 0 Å². The Morgan fingerprint density at radius 2 is 2.00 bits per heavy atom. The molecule has 11 heavy (non-hydrogen) atoms. The SMILES string of the molecule is CC(C)(C)C1CC(Cl)CCN1. The van der Waals surface area contributed by atoms with E-state index >= 15 is 0 Å². The standard InChI is InChI=1S/C9H18ClN/c1-9(2,3)8-6-7(10)4-5-11-8/h7-8,11H,4-6H2,1-3H3. The Morgan fingerprint density at radius 1 is 1.36 bits per heavy atom. The van der Waals surface area contributed by atoms with Crippen molar-refractivity contribution in [2.45, 2.75) is 45.0 Å². The van der Waals surface area contributed by atoms with Crippen molar-refractivity contribution in [3.63, 3.8) is 0 Å². The molecule has 0 amide bonds. The lowest BCUT2D eigenvalue weighted by atomic mass is 9.82. The van der Waals surface area contributed by atoms with Crippen LogP contribution >= 0.6 is 11.6 Å². The van der Waals surface area contributed by atoms with Crippen molar-refractivity contribution in [1.82, 2.24) is 5.32 Å². The van der Waals surface area contributed by atoms with Crippen molar-refractivity contribution in [3.05, 3.63) is 0 Å². The van der Waals surface area contributed by atoms with Crippen LogP contribution in [0.1, 0.15) is 33.6 Å². The third kappa shape index (κ3) is 2.64. The first-order valence-electron chi connectivity index (χ1n) is 4.37. The molecule has 1 saturated heterocycles. The molecule has 0 aromatic carbocycles. The summed E-state index contributed by atoms with van der Waals surface area (Å²) < 4.78 is 0. The molecule has 2 unspecified atom stereocenters. The molecule has 66 valence electrons. The van der Waals surface area contributed by atoms with E-state index in [1.54, 1.807) is 0 Å². The fraction of sp³-hybridized carbons (Fsp3) is 1.00. The first-order valence-corrected chi connectivity index (χ1v) is 4.81. The highest BCUT2D eigenvalue weighted by atomic mass is 35.5. The molecule has 2 heteroatoms. The van der Waals surface area contributed by atoms with Crippen LogP contribution in [0.25, 0.3) is 0 Å². The van der Waals surface area contributed by atoms with E-state index in [0.717, 1.165) is 19.4 Å². The van der Waals surface area contributed by atoms with Crippen LogP contribution in [0.15, 0.2) is 0 Å². The van der Waals surface area contributed by atoms with Gasteiger partial charge in [0.25, 0.3) is 0 Å². The Hall–Kier alpha value is 0.250. The number of alkyl halides is 1. The Bertz CT molecular complexity index is 128. The summed E-state index contributed by atoms with van der Waals surface area (Å²) >= 11 is 6.08. The monoisotopic (exact) mass is 175 g/mol. The molecule has 2 atom stereocenters. The smallest absolute Gasteiger partial charge is 0.0363 e. The summed E-state index contributed by atoms with van der Waals surface area (Å²) in [6.45, 7) is 7.87. The van der Waals surface area contributed by atoms with Gasteiger partial charge in [-0.2, -0.15) is 0 Å². The minimum Gasteiger partial charge on any atom is -0.313 e. The van der Waals surface area contributed by atoms with E-state index in [4.69, 9.17) is 11.6 Å². The van der Waals surface area contributed by atoms with Crippen LogP contribution in [0.4, 0.5) is 0 Å². The molecule has 0 saturated carbocycles. The summed E-state index contributed by atoms with van der Waals surface area (Å²) in [5.74, 6) is 0. The van der Waals surface area contributed by atoms with E-state index in [0.29, 0.717) is 16.8 Å². The van der Waals surface area contributed by atoms with E-state index in [1.165, 1.54) is 0 Å². The third-order valence-electron chi connectivity index (χ3n) is 2.39. The van der Waals surface area contributed by atoms with Gasteiger partial charge in [0.1, 0.15) is 0 Å². The highest BCUT2D eigenvalue weighted by Gasteiger charge is 2.29. The molecule has 1 heterocycles. The highest BCUT2D eigenvalue weighted by Crippen LogP contribution is 2.27. The second kappa shape index (κ2) is 3.32. The van der Waals surface area contributed by atoms with Gasteiger partial charge < -0.3 is 5.32 Å². The van der Waals surface area contributed by atoms with Gasteiger partial charge in [-0.15, -0.1) is 11.6 Å². The van der Waals surface area contributed by atoms with Crippen molar-refractivity contribution in [3.8, 4) is 0 Å². The Balaban J connectivity index is 2.46. The predicted octanol–water partition coefficient (Wildman–Crippen LogP) is 2.39. The highest BCUT2D eigenvalue weighted by molar-refractivity contribution is 6.20. The second-order valence-corrected chi connectivity index (χ2v) is 5.11. The second-order valence-electron chi connectivity index (χ2n) is 4.49. The number of hydrogen-bond donors (Lipinski definition) is 1. The average Bonchev–Trinajstić information content (AvgIpc) is 1.86. The van der Waals surface area contributed by atoms with Crippen LogP contribution in [0.2, 0.25) is 0 Å². The normalized spacial score (nSPS) is 33.8. The average molecular weight is 176 g/mol. The van der Waals surface area contributed by atoms with Crippen molar-refractivity contribution in [1.29, 1.82) is 0 Å². The largest absolute Gasteiger partial charge is 0.313 e. The molecule has 0 aromatic heterocycles. The van der Waals surface area contributed by atoms with E-state index in [1.807, 2.05) is 0 Å². The van der Waals surface area contributed by atoms with Gasteiger partial charge >= 0.3 is 0 Å². The van der Waals surface area contributed by atoms with E-state index < -0.39 is 0 Å². The van der Waals surface area contributed by atoms with Crippen molar-refractivity contribution < 1.29 is 0 Å². The first kappa shape index (κ1) is 9.34. The summed E-state index contributed by atoms with van der Waals surface area (Å²) in [5.41, 5.74) is 0.355. The van der Waals surface area contributed by atoms with Crippen LogP contribution in [0, 0.1) is 5.41 Å². The number of piperidine rings is 1. The van der Waals surface area contributed by atoms with Crippen molar-refractivity contribution in [2.75, 3.05) is 6.54 Å². The zero-order valence-electron chi connectivity index (χ0n) is 7.65. The Morgan fingerprint density at radius 3 is 2.36 bits per heavy atom. The molecule has 0 bridgehead atoms. The Labute approximate surface area is 74.5 Å². The van der Waals surface area contributed by atoms with Gasteiger partial charge in [0.05, 0.1) is 0 Å². The molecule has 1 nitrogen and oxygen atoms in total. The van der Waals surface area contributed by atoms with Crippen LogP contribution in [0.5, 0.6) is 0 Å². The van der Waals surface area contributed by atoms with Crippen LogP contribution in [-0.2, 0) is 0 Å². The number of halogens is 1. The molecular formula is C9H18ClN. The van der Waals surface area contributed by atoms with Gasteiger partial charge in [-0.25, -0.2) is 0 Å². The first-order chi connectivity index (χ1) is 5.00. The van der Waals surface area contributed by atoms with Crippen LogP contribution in [0.3, 0.4) is 0 Å². The van der Waals surface area contributed by atoms with Gasteiger partial charge in [-0.05, 0) is 24.8 Å². The minimum absolute atomic E-state index is 0.355. The Kier molecular flexibility index (Phi) is 2.82. The predicted molar refractivity (Wildman–Crippen MR) is 50.1 cm³/mol. The van der Waals surface area contributed by atoms with Crippen molar-refractivity contribution in [2.24, 2.45) is 5.41 Å². The maximum atomic E-state index is 6.08. The summed E-state index contributed by atoms with van der Waals surface area (Å²) in [4.78, 5) is 0. The molecule has 0 aliphatic carbocycles. The molecule has 1 aliphatic rings. The topological polar surface area (TPSA) is 12.0 Å². The molecule has 0 radical (unpaired) electrons. The maximum absolute atomic E-state index is 6.08. The molecule has 0 spiro atoms. The quantitative estimate of drug-likeness (QED) is 0.558. The van der Waals surface area contributed by atoms with Gasteiger partial charge in [-0.1, -0.05) is 20.8 Å². The lowest BCUT2D eigenvalue weighted by Crippen LogP contribution is -2.46. The summed E-state index contributed by atoms with van der Waals surface area (Å²) in [6, 6.07) is 0.596. The molecule has 1 aliphatic heterocycles. The molecular weight excluding hydrogens is 158 g/mol.